The third kappa shape index (κ3) is 6.06. The molecule has 168 valence electrons. The minimum atomic E-state index is -3.85. The maximum Gasteiger partial charge on any atom is 0.262 e. The summed E-state index contributed by atoms with van der Waals surface area (Å²) in [7, 11) is -7.68. The molecule has 0 atom stereocenters. The van der Waals surface area contributed by atoms with Crippen LogP contribution in [0.3, 0.4) is 0 Å². The van der Waals surface area contributed by atoms with E-state index in [-0.39, 0.29) is 21.2 Å². The van der Waals surface area contributed by atoms with Gasteiger partial charge in [0.1, 0.15) is 5.75 Å². The number of nitrogens with one attached hydrogen (secondary N) is 2. The van der Waals surface area contributed by atoms with Crippen LogP contribution in [0.15, 0.2) is 82.6 Å². The first-order chi connectivity index (χ1) is 15.0. The molecule has 0 bridgehead atoms. The number of hydrogen-bond donors (Lipinski definition) is 3. The van der Waals surface area contributed by atoms with Crippen LogP contribution < -0.4 is 19.9 Å². The molecule has 1 amide bonds. The van der Waals surface area contributed by atoms with Crippen LogP contribution in [0.2, 0.25) is 0 Å². The average molecular weight is 476 g/mol. The molecular formula is C21H21N3O6S2. The minimum Gasteiger partial charge on any atom is -0.482 e. The van der Waals surface area contributed by atoms with Crippen LogP contribution >= 0.6 is 0 Å². The Bertz CT molecular complexity index is 1320. The topological polar surface area (TPSA) is 145 Å². The standard InChI is InChI=1S/C21H21N3O6S2/c1-15-6-10-18(11-7-15)32(28,29)24-19-4-2-3-5-20(19)30-14-21(25)23-16-8-12-17(13-9-16)31(22,26)27/h2-13,24H,14H2,1H3,(H,23,25)(H2,22,26,27). The Labute approximate surface area is 186 Å². The predicted octanol–water partition coefficient (Wildman–Crippen LogP) is 2.46. The number of aryl methyl sites for hydroxylation is 1. The third-order valence-corrected chi connectivity index (χ3v) is 6.60. The summed E-state index contributed by atoms with van der Waals surface area (Å²) >= 11 is 0. The lowest BCUT2D eigenvalue weighted by Gasteiger charge is -2.14. The molecule has 0 fully saturated rings. The number of carbonyl (C=O) groups is 1. The second kappa shape index (κ2) is 9.39. The van der Waals surface area contributed by atoms with Crippen LogP contribution in [0.25, 0.3) is 0 Å². The van der Waals surface area contributed by atoms with Crippen molar-refractivity contribution in [1.82, 2.24) is 0 Å². The van der Waals surface area contributed by atoms with Gasteiger partial charge in [0.25, 0.3) is 15.9 Å². The first-order valence-corrected chi connectivity index (χ1v) is 12.3. The molecule has 32 heavy (non-hydrogen) atoms. The van der Waals surface area contributed by atoms with Crippen molar-refractivity contribution in [3.05, 3.63) is 78.4 Å². The summed E-state index contributed by atoms with van der Waals surface area (Å²) in [6.07, 6.45) is 0. The zero-order valence-corrected chi connectivity index (χ0v) is 18.6. The van der Waals surface area contributed by atoms with E-state index >= 15 is 0 Å². The van der Waals surface area contributed by atoms with Crippen LogP contribution in [0.5, 0.6) is 5.75 Å². The number of para-hydroxylation sites is 2. The number of ether oxygens (including phenoxy) is 1. The molecule has 0 saturated carbocycles. The molecule has 0 aliphatic rings. The van der Waals surface area contributed by atoms with Gasteiger partial charge in [-0.15, -0.1) is 0 Å². The largest absolute Gasteiger partial charge is 0.482 e. The van der Waals surface area contributed by atoms with Crippen molar-refractivity contribution in [3.63, 3.8) is 0 Å². The normalized spacial score (nSPS) is 11.6. The number of rotatable bonds is 8. The van der Waals surface area contributed by atoms with E-state index in [1.54, 1.807) is 24.3 Å². The molecule has 0 aromatic heterocycles. The number of benzene rings is 3. The van der Waals surface area contributed by atoms with Crippen LogP contribution in [0.4, 0.5) is 11.4 Å². The fraction of sp³-hybridized carbons (Fsp3) is 0.0952. The molecule has 0 unspecified atom stereocenters. The van der Waals surface area contributed by atoms with Crippen molar-refractivity contribution in [3.8, 4) is 5.75 Å². The maximum absolute atomic E-state index is 12.6. The molecule has 0 heterocycles. The van der Waals surface area contributed by atoms with Gasteiger partial charge in [0.05, 0.1) is 15.5 Å². The number of carbonyl (C=O) groups excluding carboxylic acids is 1. The Morgan fingerprint density at radius 2 is 1.47 bits per heavy atom. The molecule has 0 spiro atoms. The van der Waals surface area contributed by atoms with Crippen molar-refractivity contribution in [2.24, 2.45) is 5.14 Å². The first kappa shape index (κ1) is 23.3. The van der Waals surface area contributed by atoms with Gasteiger partial charge < -0.3 is 10.1 Å². The minimum absolute atomic E-state index is 0.0819. The maximum atomic E-state index is 12.6. The van der Waals surface area contributed by atoms with Gasteiger partial charge in [-0.25, -0.2) is 22.0 Å². The highest BCUT2D eigenvalue weighted by molar-refractivity contribution is 7.92. The molecule has 3 aromatic carbocycles. The van der Waals surface area contributed by atoms with E-state index in [0.717, 1.165) is 5.56 Å². The molecular weight excluding hydrogens is 454 g/mol. The number of amides is 1. The third-order valence-electron chi connectivity index (χ3n) is 4.29. The number of nitrogens with two attached hydrogens (primary N) is 1. The summed E-state index contributed by atoms with van der Waals surface area (Å²) in [6.45, 7) is 1.45. The molecule has 0 saturated heterocycles. The lowest BCUT2D eigenvalue weighted by molar-refractivity contribution is -0.118. The van der Waals surface area contributed by atoms with E-state index in [2.05, 4.69) is 10.0 Å². The molecule has 3 aromatic rings. The summed E-state index contributed by atoms with van der Waals surface area (Å²) in [5, 5.41) is 7.59. The Balaban J connectivity index is 1.66. The molecule has 3 rings (SSSR count). The fourth-order valence-corrected chi connectivity index (χ4v) is 4.25. The number of sulfonamides is 2. The second-order valence-electron chi connectivity index (χ2n) is 6.82. The SMILES string of the molecule is Cc1ccc(S(=O)(=O)Nc2ccccc2OCC(=O)Nc2ccc(S(N)(=O)=O)cc2)cc1. The van der Waals surface area contributed by atoms with Crippen molar-refractivity contribution >= 4 is 37.3 Å². The molecule has 0 radical (unpaired) electrons. The fourth-order valence-electron chi connectivity index (χ4n) is 2.67. The average Bonchev–Trinajstić information content (AvgIpc) is 2.73. The Morgan fingerprint density at radius 3 is 2.09 bits per heavy atom. The van der Waals surface area contributed by atoms with E-state index < -0.39 is 32.6 Å². The van der Waals surface area contributed by atoms with Crippen LogP contribution in [-0.2, 0) is 24.8 Å². The first-order valence-electron chi connectivity index (χ1n) is 9.29. The zero-order valence-electron chi connectivity index (χ0n) is 17.0. The molecule has 9 nitrogen and oxygen atoms in total. The monoisotopic (exact) mass is 475 g/mol. The van der Waals surface area contributed by atoms with Gasteiger partial charge in [-0.05, 0) is 55.5 Å². The molecule has 4 N–H and O–H groups in total. The summed E-state index contributed by atoms with van der Waals surface area (Å²) < 4.78 is 55.8. The van der Waals surface area contributed by atoms with E-state index in [1.807, 2.05) is 6.92 Å². The van der Waals surface area contributed by atoms with Crippen molar-refractivity contribution in [2.75, 3.05) is 16.6 Å². The van der Waals surface area contributed by atoms with Crippen LogP contribution in [-0.4, -0.2) is 29.3 Å². The van der Waals surface area contributed by atoms with Gasteiger partial charge in [-0.3, -0.25) is 9.52 Å². The second-order valence-corrected chi connectivity index (χ2v) is 10.1. The van der Waals surface area contributed by atoms with Crippen molar-refractivity contribution in [2.45, 2.75) is 16.7 Å². The lowest BCUT2D eigenvalue weighted by atomic mass is 10.2. The number of primary sulfonamides is 1. The number of anilines is 2. The Hall–Kier alpha value is -3.41. The smallest absolute Gasteiger partial charge is 0.262 e. The Kier molecular flexibility index (Phi) is 6.82. The van der Waals surface area contributed by atoms with Crippen LogP contribution in [0, 0.1) is 6.92 Å². The summed E-state index contributed by atoms with van der Waals surface area (Å²) in [5.41, 5.74) is 1.45. The van der Waals surface area contributed by atoms with Gasteiger partial charge in [-0.1, -0.05) is 29.8 Å². The highest BCUT2D eigenvalue weighted by Gasteiger charge is 2.17. The van der Waals surface area contributed by atoms with Gasteiger partial charge >= 0.3 is 0 Å². The molecule has 0 aliphatic heterocycles. The van der Waals surface area contributed by atoms with E-state index in [0.29, 0.717) is 5.69 Å². The zero-order chi connectivity index (χ0) is 23.4. The van der Waals surface area contributed by atoms with Gasteiger partial charge in [0.2, 0.25) is 10.0 Å². The Morgan fingerprint density at radius 1 is 0.875 bits per heavy atom. The highest BCUT2D eigenvalue weighted by atomic mass is 32.2. The van der Waals surface area contributed by atoms with Crippen LogP contribution in [0.1, 0.15) is 5.56 Å². The predicted molar refractivity (Wildman–Crippen MR) is 120 cm³/mol. The van der Waals surface area contributed by atoms with E-state index in [1.165, 1.54) is 48.5 Å². The summed E-state index contributed by atoms with van der Waals surface area (Å²) in [4.78, 5) is 12.2. The van der Waals surface area contributed by atoms with E-state index in [4.69, 9.17) is 9.88 Å². The summed E-state index contributed by atoms with van der Waals surface area (Å²) in [6, 6.07) is 18.0. The van der Waals surface area contributed by atoms with Crippen molar-refractivity contribution < 1.29 is 26.4 Å². The highest BCUT2D eigenvalue weighted by Crippen LogP contribution is 2.27. The quantitative estimate of drug-likeness (QED) is 0.456. The summed E-state index contributed by atoms with van der Waals surface area (Å²) in [5.74, 6) is -0.354. The van der Waals surface area contributed by atoms with Crippen molar-refractivity contribution in [1.29, 1.82) is 0 Å². The van der Waals surface area contributed by atoms with Gasteiger partial charge in [-0.2, -0.15) is 0 Å². The lowest BCUT2D eigenvalue weighted by Crippen LogP contribution is -2.21. The van der Waals surface area contributed by atoms with E-state index in [9.17, 15) is 21.6 Å². The van der Waals surface area contributed by atoms with Gasteiger partial charge in [0.15, 0.2) is 6.61 Å². The van der Waals surface area contributed by atoms with Gasteiger partial charge in [0, 0.05) is 5.69 Å². The number of hydrogen-bond acceptors (Lipinski definition) is 6. The molecule has 0 aliphatic carbocycles. The molecule has 11 heteroatoms.